The molecule has 2 aromatic carbocycles. The number of aromatic hydroxyl groups is 2. The molecule has 4 rings (SSSR count). The molecule has 0 unspecified atom stereocenters. The Kier molecular flexibility index (Phi) is 4.30. The third-order valence-corrected chi connectivity index (χ3v) is 5.47. The number of fused-ring (bicyclic) bond motifs is 3. The van der Waals surface area contributed by atoms with Gasteiger partial charge in [0.05, 0.1) is 6.61 Å². The van der Waals surface area contributed by atoms with E-state index in [-0.39, 0.29) is 17.6 Å². The van der Waals surface area contributed by atoms with Crippen LogP contribution in [0.1, 0.15) is 54.9 Å². The van der Waals surface area contributed by atoms with Crippen LogP contribution in [0.3, 0.4) is 0 Å². The lowest BCUT2D eigenvalue weighted by molar-refractivity contribution is 0.0918. The summed E-state index contributed by atoms with van der Waals surface area (Å²) in [6, 6.07) is 10.9. The van der Waals surface area contributed by atoms with Gasteiger partial charge in [0.15, 0.2) is 0 Å². The predicted molar refractivity (Wildman–Crippen MR) is 95.0 cm³/mol. The number of phenolic OH excluding ortho intramolecular Hbond substituents is 2. The molecule has 1 fully saturated rings. The molecule has 3 atom stereocenters. The number of benzene rings is 2. The van der Waals surface area contributed by atoms with Crippen LogP contribution in [0.5, 0.6) is 17.2 Å². The average Bonchev–Trinajstić information content (AvgIpc) is 3.10. The van der Waals surface area contributed by atoms with E-state index in [0.717, 1.165) is 35.3 Å². The molecule has 0 spiro atoms. The molecule has 4 heteroatoms. The van der Waals surface area contributed by atoms with E-state index in [9.17, 15) is 10.2 Å². The highest BCUT2D eigenvalue weighted by molar-refractivity contribution is 5.51. The quantitative estimate of drug-likeness (QED) is 0.850. The average molecular weight is 340 g/mol. The zero-order valence-corrected chi connectivity index (χ0v) is 14.4. The van der Waals surface area contributed by atoms with Gasteiger partial charge in [-0.15, -0.1) is 0 Å². The van der Waals surface area contributed by atoms with Gasteiger partial charge in [-0.05, 0) is 55.5 Å². The lowest BCUT2D eigenvalue weighted by atomic mass is 9.79. The highest BCUT2D eigenvalue weighted by Gasteiger charge is 2.42. The third kappa shape index (κ3) is 2.95. The number of phenols is 2. The molecule has 4 nitrogen and oxygen atoms in total. The van der Waals surface area contributed by atoms with Crippen LogP contribution in [0.15, 0.2) is 36.4 Å². The van der Waals surface area contributed by atoms with Crippen molar-refractivity contribution in [2.75, 3.05) is 6.61 Å². The van der Waals surface area contributed by atoms with Crippen LogP contribution in [0.25, 0.3) is 0 Å². The second-order valence-corrected chi connectivity index (χ2v) is 6.99. The molecule has 2 aromatic rings. The summed E-state index contributed by atoms with van der Waals surface area (Å²) in [7, 11) is 0. The van der Waals surface area contributed by atoms with E-state index >= 15 is 0 Å². The normalized spacial score (nSPS) is 24.4. The van der Waals surface area contributed by atoms with Crippen molar-refractivity contribution in [3.63, 3.8) is 0 Å². The molecule has 1 aliphatic carbocycles. The van der Waals surface area contributed by atoms with Crippen molar-refractivity contribution in [1.82, 2.24) is 0 Å². The van der Waals surface area contributed by atoms with Crippen LogP contribution in [-0.2, 0) is 11.3 Å². The fraction of sp³-hybridized carbons (Fsp3) is 0.429. The van der Waals surface area contributed by atoms with E-state index in [0.29, 0.717) is 25.0 Å². The van der Waals surface area contributed by atoms with Crippen LogP contribution in [-0.4, -0.2) is 16.8 Å². The van der Waals surface area contributed by atoms with Crippen molar-refractivity contribution < 1.29 is 19.7 Å². The Labute approximate surface area is 148 Å². The van der Waals surface area contributed by atoms with Crippen molar-refractivity contribution >= 4 is 0 Å². The molecule has 2 aliphatic rings. The van der Waals surface area contributed by atoms with Gasteiger partial charge in [0, 0.05) is 23.7 Å². The zero-order chi connectivity index (χ0) is 17.4. The van der Waals surface area contributed by atoms with Crippen molar-refractivity contribution in [1.29, 1.82) is 0 Å². The molecular formula is C21H24O4. The Balaban J connectivity index is 1.77. The largest absolute Gasteiger partial charge is 0.508 e. The Hall–Kier alpha value is -2.20. The standard InChI is InChI=1S/C21H24O4/c1-2-24-12-14-10-16(23)11-19-17-4-3-5-18(17)20(25-21(14)19)13-6-8-15(22)9-7-13/h6-11,17-18,20,22-23H,2-5,12H2,1H3/t17-,18+,20+/m1/s1. The Morgan fingerprint density at radius 1 is 1.08 bits per heavy atom. The summed E-state index contributed by atoms with van der Waals surface area (Å²) in [5.74, 6) is 2.22. The molecule has 25 heavy (non-hydrogen) atoms. The third-order valence-electron chi connectivity index (χ3n) is 5.47. The maximum atomic E-state index is 10.2. The van der Waals surface area contributed by atoms with Gasteiger partial charge in [-0.2, -0.15) is 0 Å². The predicted octanol–water partition coefficient (Wildman–Crippen LogP) is 4.65. The second-order valence-electron chi connectivity index (χ2n) is 6.99. The molecule has 1 heterocycles. The lowest BCUT2D eigenvalue weighted by Crippen LogP contribution is -2.27. The van der Waals surface area contributed by atoms with Gasteiger partial charge in [-0.25, -0.2) is 0 Å². The van der Waals surface area contributed by atoms with Crippen molar-refractivity contribution in [2.24, 2.45) is 5.92 Å². The van der Waals surface area contributed by atoms with E-state index in [1.54, 1.807) is 18.2 Å². The first kappa shape index (κ1) is 16.3. The van der Waals surface area contributed by atoms with Gasteiger partial charge in [-0.3, -0.25) is 0 Å². The Morgan fingerprint density at radius 3 is 2.64 bits per heavy atom. The van der Waals surface area contributed by atoms with Crippen molar-refractivity contribution in [2.45, 2.75) is 44.8 Å². The Morgan fingerprint density at radius 2 is 1.88 bits per heavy atom. The summed E-state index contributed by atoms with van der Waals surface area (Å²) in [6.07, 6.45) is 3.38. The molecule has 0 bridgehead atoms. The number of ether oxygens (including phenoxy) is 2. The topological polar surface area (TPSA) is 58.9 Å². The van der Waals surface area contributed by atoms with Crippen LogP contribution in [0.4, 0.5) is 0 Å². The van der Waals surface area contributed by atoms with E-state index in [1.165, 1.54) is 6.42 Å². The Bertz CT molecular complexity index is 753. The molecule has 1 aliphatic heterocycles. The molecular weight excluding hydrogens is 316 g/mol. The summed E-state index contributed by atoms with van der Waals surface area (Å²) < 4.78 is 12.1. The van der Waals surface area contributed by atoms with E-state index in [2.05, 4.69) is 0 Å². The van der Waals surface area contributed by atoms with Crippen molar-refractivity contribution in [3.8, 4) is 17.2 Å². The SMILES string of the molecule is CCOCc1cc(O)cc2c1O[C@@H](c1ccc(O)cc1)[C@H]1CCC[C@@H]21. The van der Waals surface area contributed by atoms with Crippen LogP contribution in [0, 0.1) is 5.92 Å². The summed E-state index contributed by atoms with van der Waals surface area (Å²) in [5.41, 5.74) is 3.12. The maximum absolute atomic E-state index is 10.2. The van der Waals surface area contributed by atoms with Gasteiger partial charge in [0.25, 0.3) is 0 Å². The summed E-state index contributed by atoms with van der Waals surface area (Å²) in [6.45, 7) is 3.02. The summed E-state index contributed by atoms with van der Waals surface area (Å²) in [4.78, 5) is 0. The minimum absolute atomic E-state index is 0.0227. The van der Waals surface area contributed by atoms with Crippen LogP contribution >= 0.6 is 0 Å². The highest BCUT2D eigenvalue weighted by atomic mass is 16.5. The number of rotatable bonds is 4. The second kappa shape index (κ2) is 6.60. The molecule has 0 amide bonds. The van der Waals surface area contributed by atoms with Crippen molar-refractivity contribution in [3.05, 3.63) is 53.1 Å². The lowest BCUT2D eigenvalue weighted by Gasteiger charge is -2.37. The van der Waals surface area contributed by atoms with E-state index in [4.69, 9.17) is 9.47 Å². The molecule has 2 N–H and O–H groups in total. The van der Waals surface area contributed by atoms with E-state index in [1.807, 2.05) is 25.1 Å². The monoisotopic (exact) mass is 340 g/mol. The number of hydrogen-bond acceptors (Lipinski definition) is 4. The van der Waals surface area contributed by atoms with Gasteiger partial charge >= 0.3 is 0 Å². The van der Waals surface area contributed by atoms with Gasteiger partial charge in [-0.1, -0.05) is 18.6 Å². The highest BCUT2D eigenvalue weighted by Crippen LogP contribution is 2.55. The van der Waals surface area contributed by atoms with Crippen LogP contribution < -0.4 is 4.74 Å². The maximum Gasteiger partial charge on any atom is 0.129 e. The molecule has 132 valence electrons. The zero-order valence-electron chi connectivity index (χ0n) is 14.4. The summed E-state index contributed by atoms with van der Waals surface area (Å²) >= 11 is 0. The first-order valence-electron chi connectivity index (χ1n) is 9.06. The summed E-state index contributed by atoms with van der Waals surface area (Å²) in [5, 5.41) is 19.7. The van der Waals surface area contributed by atoms with E-state index < -0.39 is 0 Å². The first-order valence-corrected chi connectivity index (χ1v) is 9.06. The molecule has 0 aromatic heterocycles. The first-order chi connectivity index (χ1) is 12.2. The van der Waals surface area contributed by atoms with Crippen LogP contribution in [0.2, 0.25) is 0 Å². The minimum Gasteiger partial charge on any atom is -0.508 e. The molecule has 1 saturated carbocycles. The van der Waals surface area contributed by atoms with Gasteiger partial charge in [0.1, 0.15) is 23.4 Å². The fourth-order valence-corrected chi connectivity index (χ4v) is 4.37. The van der Waals surface area contributed by atoms with Gasteiger partial charge < -0.3 is 19.7 Å². The smallest absolute Gasteiger partial charge is 0.129 e. The fourth-order valence-electron chi connectivity index (χ4n) is 4.37. The molecule has 0 radical (unpaired) electrons. The molecule has 0 saturated heterocycles. The van der Waals surface area contributed by atoms with Gasteiger partial charge in [0.2, 0.25) is 0 Å². The minimum atomic E-state index is -0.0227. The number of hydrogen-bond donors (Lipinski definition) is 2.